The molecule has 4 heterocycles. The summed E-state index contributed by atoms with van der Waals surface area (Å²) in [7, 11) is 3.84. The number of carboxylic acid groups (broad SMARTS) is 1. The number of nitrogens with one attached hydrogen (secondary N) is 2. The minimum Gasteiger partial charge on any atom is -0.477 e. The summed E-state index contributed by atoms with van der Waals surface area (Å²) in [5, 5.41) is 33.1. The van der Waals surface area contributed by atoms with Crippen LogP contribution in [0.3, 0.4) is 0 Å². The van der Waals surface area contributed by atoms with Crippen LogP contribution in [0.1, 0.15) is 22.4 Å². The summed E-state index contributed by atoms with van der Waals surface area (Å²) in [4.78, 5) is 51.9. The molecule has 0 radical (unpaired) electrons. The van der Waals surface area contributed by atoms with E-state index in [-0.39, 0.29) is 22.9 Å². The molecule has 1 saturated heterocycles. The van der Waals surface area contributed by atoms with Crippen molar-refractivity contribution in [3.05, 3.63) is 130 Å². The van der Waals surface area contributed by atoms with Gasteiger partial charge in [-0.15, -0.1) is 28.2 Å². The first-order valence-electron chi connectivity index (χ1n) is 17.7. The van der Waals surface area contributed by atoms with E-state index in [4.69, 9.17) is 0 Å². The van der Waals surface area contributed by atoms with Crippen LogP contribution in [0, 0.1) is 0 Å². The molecule has 2 atom stereocenters. The van der Waals surface area contributed by atoms with Crippen molar-refractivity contribution in [3.8, 4) is 0 Å². The minimum absolute atomic E-state index is 0.0907. The largest absolute Gasteiger partial charge is 0.477 e. The number of rotatable bonds is 17. The fourth-order valence-corrected chi connectivity index (χ4v) is 9.71. The highest BCUT2D eigenvalue weighted by Crippen LogP contribution is 2.43. The van der Waals surface area contributed by atoms with Crippen molar-refractivity contribution in [2.24, 2.45) is 5.16 Å². The van der Waals surface area contributed by atoms with Gasteiger partial charge in [0.1, 0.15) is 28.3 Å². The van der Waals surface area contributed by atoms with E-state index in [1.54, 1.807) is 4.68 Å². The minimum atomic E-state index is -3.35. The number of fused-ring (bicyclic) bond motifs is 1. The van der Waals surface area contributed by atoms with Gasteiger partial charge in [-0.05, 0) is 46.8 Å². The molecule has 1 fully saturated rings. The predicted molar refractivity (Wildman–Crippen MR) is 215 cm³/mol. The predicted octanol–water partition coefficient (Wildman–Crippen LogP) is 4.57. The first-order valence-corrected chi connectivity index (χ1v) is 20.7. The SMILES string of the molecule is CN(C)CCn1nnnc1SCC1=C(C(=O)O)N2C(=O)C(NC(=O)C(=NOC(F)F)c3csc(NC(c4ccccc4)(c4ccccc4)c4ccccc4)n3)[C@H]2SC1. The van der Waals surface area contributed by atoms with Crippen LogP contribution in [0.4, 0.5) is 13.9 Å². The zero-order chi connectivity index (χ0) is 40.8. The summed E-state index contributed by atoms with van der Waals surface area (Å²) in [6.45, 7) is -2.14. The summed E-state index contributed by atoms with van der Waals surface area (Å²) in [6.07, 6.45) is 0. The number of halogens is 2. The van der Waals surface area contributed by atoms with E-state index >= 15 is 0 Å². The lowest BCUT2D eigenvalue weighted by Gasteiger charge is -2.49. The number of aliphatic carboxylic acids is 1. The van der Waals surface area contributed by atoms with Crippen LogP contribution in [0.2, 0.25) is 0 Å². The molecule has 3 N–H and O–H groups in total. The van der Waals surface area contributed by atoms with E-state index in [0.717, 1.165) is 32.9 Å². The summed E-state index contributed by atoms with van der Waals surface area (Å²) in [6, 6.07) is 27.9. The number of carboxylic acids is 1. The number of hydrogen-bond donors (Lipinski definition) is 3. The van der Waals surface area contributed by atoms with Crippen LogP contribution < -0.4 is 10.6 Å². The highest BCUT2D eigenvalue weighted by atomic mass is 32.2. The lowest BCUT2D eigenvalue weighted by molar-refractivity contribution is -0.150. The monoisotopic (exact) mass is 846 g/mol. The Hall–Kier alpha value is -5.70. The Morgan fingerprint density at radius 1 is 1.03 bits per heavy atom. The van der Waals surface area contributed by atoms with E-state index in [1.807, 2.05) is 110 Å². The van der Waals surface area contributed by atoms with Gasteiger partial charge in [0.2, 0.25) is 5.16 Å². The normalized spacial score (nSPS) is 17.0. The average Bonchev–Trinajstić information content (AvgIpc) is 3.90. The van der Waals surface area contributed by atoms with Crippen molar-refractivity contribution < 1.29 is 33.1 Å². The summed E-state index contributed by atoms with van der Waals surface area (Å²) in [5.41, 5.74) is 1.26. The molecule has 15 nitrogen and oxygen atoms in total. The number of benzene rings is 3. The molecular weight excluding hydrogens is 811 g/mol. The van der Waals surface area contributed by atoms with E-state index in [1.165, 1.54) is 28.9 Å². The van der Waals surface area contributed by atoms with Crippen LogP contribution in [0.5, 0.6) is 0 Å². The average molecular weight is 847 g/mol. The second-order valence-electron chi connectivity index (χ2n) is 13.2. The molecule has 2 aliphatic heterocycles. The number of thioether (sulfide) groups is 2. The molecule has 300 valence electrons. The van der Waals surface area contributed by atoms with Crippen LogP contribution in [-0.2, 0) is 31.3 Å². The first-order chi connectivity index (χ1) is 28.1. The van der Waals surface area contributed by atoms with Crippen LogP contribution in [0.15, 0.2) is 118 Å². The molecule has 58 heavy (non-hydrogen) atoms. The first kappa shape index (κ1) is 40.5. The number of amides is 2. The number of likely N-dealkylation sites (N-methyl/N-ethyl adjacent to an activating group) is 1. The molecule has 2 aromatic heterocycles. The van der Waals surface area contributed by atoms with Crippen LogP contribution in [-0.4, -0.2) is 114 Å². The lowest BCUT2D eigenvalue weighted by Crippen LogP contribution is -2.71. The zero-order valence-electron chi connectivity index (χ0n) is 30.9. The van der Waals surface area contributed by atoms with E-state index in [0.29, 0.717) is 29.0 Å². The standard InChI is InChI=1S/C38H36F2N10O5S3/c1-48(2)18-19-49-37(44-46-47-49)58-21-23-20-56-33-29(32(52)50(33)30(23)34(53)54)42-31(51)28(45-55-35(39)40)27-22-57-36(41-27)43-38(24-12-6-3-7-13-24,25-14-8-4-9-15-25)26-16-10-5-11-17-26/h3-17,22,29,33,35H,18-21H2,1-2H3,(H,41,43)(H,42,51)(H,53,54)/t29?,33-/m1/s1. The van der Waals surface area contributed by atoms with Crippen molar-refractivity contribution in [3.63, 3.8) is 0 Å². The van der Waals surface area contributed by atoms with Crippen LogP contribution >= 0.6 is 34.9 Å². The number of oxime groups is 1. The van der Waals surface area contributed by atoms with Gasteiger partial charge in [0, 0.05) is 23.4 Å². The third kappa shape index (κ3) is 8.45. The third-order valence-corrected chi connectivity index (χ3v) is 12.4. The second-order valence-corrected chi connectivity index (χ2v) is 16.1. The van der Waals surface area contributed by atoms with Crippen molar-refractivity contribution in [2.75, 3.05) is 37.5 Å². The van der Waals surface area contributed by atoms with Crippen LogP contribution in [0.25, 0.3) is 0 Å². The lowest BCUT2D eigenvalue weighted by atomic mass is 9.77. The molecule has 1 unspecified atom stereocenters. The van der Waals surface area contributed by atoms with Gasteiger partial charge < -0.3 is 25.5 Å². The summed E-state index contributed by atoms with van der Waals surface area (Å²) >= 11 is 3.62. The Morgan fingerprint density at radius 3 is 2.22 bits per heavy atom. The van der Waals surface area contributed by atoms with Gasteiger partial charge in [0.15, 0.2) is 10.8 Å². The van der Waals surface area contributed by atoms with Gasteiger partial charge in [-0.25, -0.2) is 14.5 Å². The van der Waals surface area contributed by atoms with Crippen molar-refractivity contribution in [2.45, 2.75) is 35.3 Å². The number of β-lactam (4-membered cyclic amide) rings is 1. The molecule has 0 spiro atoms. The maximum absolute atomic E-state index is 13.8. The summed E-state index contributed by atoms with van der Waals surface area (Å²) in [5.74, 6) is -2.57. The number of carbonyl (C=O) groups is 3. The molecule has 2 aliphatic rings. The molecule has 2 amide bonds. The van der Waals surface area contributed by atoms with Crippen molar-refractivity contribution in [1.29, 1.82) is 0 Å². The Balaban J connectivity index is 1.12. The van der Waals surface area contributed by atoms with E-state index < -0.39 is 47.1 Å². The Labute approximate surface area is 343 Å². The van der Waals surface area contributed by atoms with Gasteiger partial charge in [-0.3, -0.25) is 14.5 Å². The van der Waals surface area contributed by atoms with Crippen molar-refractivity contribution in [1.82, 2.24) is 40.3 Å². The Morgan fingerprint density at radius 2 is 1.66 bits per heavy atom. The Kier molecular flexibility index (Phi) is 12.5. The molecule has 5 aromatic rings. The third-order valence-electron chi connectivity index (χ3n) is 9.27. The van der Waals surface area contributed by atoms with E-state index in [9.17, 15) is 28.3 Å². The number of hydrogen-bond acceptors (Lipinski definition) is 14. The molecule has 20 heteroatoms. The number of aromatic nitrogens is 5. The molecule has 0 saturated carbocycles. The fraction of sp³-hybridized carbons (Fsp3) is 0.263. The molecule has 0 aliphatic carbocycles. The number of tetrazole rings is 1. The van der Waals surface area contributed by atoms with Gasteiger partial charge in [-0.1, -0.05) is 108 Å². The number of thiazole rings is 1. The van der Waals surface area contributed by atoms with Gasteiger partial charge in [0.25, 0.3) is 11.8 Å². The van der Waals surface area contributed by atoms with Gasteiger partial charge in [0.05, 0.1) is 6.54 Å². The number of carbonyl (C=O) groups excluding carboxylic acids is 2. The van der Waals surface area contributed by atoms with Crippen molar-refractivity contribution >= 4 is 63.5 Å². The van der Waals surface area contributed by atoms with Gasteiger partial charge >= 0.3 is 12.6 Å². The topological polar surface area (TPSA) is 180 Å². The second kappa shape index (κ2) is 17.8. The highest BCUT2D eigenvalue weighted by Gasteiger charge is 2.54. The number of nitrogens with zero attached hydrogens (tertiary/aromatic N) is 8. The highest BCUT2D eigenvalue weighted by molar-refractivity contribution is 8.01. The number of anilines is 1. The Bertz CT molecular complexity index is 2220. The maximum atomic E-state index is 13.8. The molecule has 0 bridgehead atoms. The number of alkyl halides is 2. The van der Waals surface area contributed by atoms with E-state index in [2.05, 4.69) is 41.1 Å². The smallest absolute Gasteiger partial charge is 0.407 e. The molecular formula is C38H36F2N10O5S3. The quantitative estimate of drug-likeness (QED) is 0.0390. The maximum Gasteiger partial charge on any atom is 0.407 e. The molecule has 3 aromatic carbocycles. The zero-order valence-corrected chi connectivity index (χ0v) is 33.4. The van der Waals surface area contributed by atoms with Gasteiger partial charge in [-0.2, -0.15) is 8.78 Å². The molecule has 7 rings (SSSR count). The summed E-state index contributed by atoms with van der Waals surface area (Å²) < 4.78 is 28.3. The fourth-order valence-electron chi connectivity index (χ4n) is 6.57.